The van der Waals surface area contributed by atoms with Gasteiger partial charge < -0.3 is 9.47 Å². The minimum absolute atomic E-state index is 0.297. The smallest absolute Gasteiger partial charge is 0.134 e. The Morgan fingerprint density at radius 3 is 2.18 bits per heavy atom. The predicted octanol–water partition coefficient (Wildman–Crippen LogP) is 3.51. The average molecular weight is 232 g/mol. The summed E-state index contributed by atoms with van der Waals surface area (Å²) >= 11 is 0. The van der Waals surface area contributed by atoms with Crippen molar-refractivity contribution in [3.63, 3.8) is 0 Å². The molecule has 0 heterocycles. The molecule has 0 fully saturated rings. The predicted molar refractivity (Wildman–Crippen MR) is 64.9 cm³/mol. The van der Waals surface area contributed by atoms with Crippen LogP contribution < -0.4 is 9.47 Å². The summed E-state index contributed by atoms with van der Waals surface area (Å²) in [5.41, 5.74) is 1.23. The Morgan fingerprint density at radius 1 is 0.882 bits per heavy atom. The summed E-state index contributed by atoms with van der Waals surface area (Å²) in [5, 5.41) is 0. The minimum atomic E-state index is -0.297. The number of halogens is 1. The van der Waals surface area contributed by atoms with Crippen molar-refractivity contribution < 1.29 is 13.9 Å². The van der Waals surface area contributed by atoms with E-state index in [1.807, 2.05) is 0 Å². The molecule has 88 valence electrons. The fourth-order valence-corrected chi connectivity index (χ4v) is 1.71. The molecule has 0 aromatic heterocycles. The molecule has 0 unspecified atom stereocenters. The van der Waals surface area contributed by atoms with Crippen LogP contribution in [0.15, 0.2) is 42.5 Å². The van der Waals surface area contributed by atoms with Gasteiger partial charge in [-0.1, -0.05) is 18.2 Å². The first-order chi connectivity index (χ1) is 8.26. The Balaban J connectivity index is 2.51. The molecule has 2 rings (SSSR count). The lowest BCUT2D eigenvalue weighted by molar-refractivity contribution is 0.412. The molecule has 0 aliphatic carbocycles. The zero-order valence-electron chi connectivity index (χ0n) is 9.74. The molecule has 2 aromatic rings. The van der Waals surface area contributed by atoms with Gasteiger partial charge in [-0.3, -0.25) is 0 Å². The number of methoxy groups -OCH3 is 2. The van der Waals surface area contributed by atoms with Gasteiger partial charge in [0, 0.05) is 0 Å². The molecule has 0 saturated carbocycles. The first-order valence-electron chi connectivity index (χ1n) is 5.23. The third kappa shape index (κ3) is 2.23. The SMILES string of the molecule is COc1ccc(-c2c(F)cccc2OC)cc1. The lowest BCUT2D eigenvalue weighted by Gasteiger charge is -2.10. The van der Waals surface area contributed by atoms with Gasteiger partial charge in [0.25, 0.3) is 0 Å². The van der Waals surface area contributed by atoms with Crippen LogP contribution in [0, 0.1) is 5.82 Å². The number of hydrogen-bond acceptors (Lipinski definition) is 2. The number of ether oxygens (including phenoxy) is 2. The molecule has 3 heteroatoms. The Bertz CT molecular complexity index is 506. The maximum Gasteiger partial charge on any atom is 0.134 e. The Labute approximate surface area is 99.6 Å². The molecule has 0 saturated heterocycles. The van der Waals surface area contributed by atoms with Gasteiger partial charge >= 0.3 is 0 Å². The summed E-state index contributed by atoms with van der Waals surface area (Å²) in [6.45, 7) is 0. The van der Waals surface area contributed by atoms with Gasteiger partial charge in [-0.2, -0.15) is 0 Å². The third-order valence-electron chi connectivity index (χ3n) is 2.57. The van der Waals surface area contributed by atoms with E-state index in [1.54, 1.807) is 43.5 Å². The van der Waals surface area contributed by atoms with Crippen LogP contribution in [-0.2, 0) is 0 Å². The Kier molecular flexibility index (Phi) is 3.28. The summed E-state index contributed by atoms with van der Waals surface area (Å²) in [6.07, 6.45) is 0. The first-order valence-corrected chi connectivity index (χ1v) is 5.23. The highest BCUT2D eigenvalue weighted by Crippen LogP contribution is 2.33. The molecule has 0 aliphatic rings. The fraction of sp³-hybridized carbons (Fsp3) is 0.143. The lowest BCUT2D eigenvalue weighted by Crippen LogP contribution is -1.91. The Hall–Kier alpha value is -2.03. The van der Waals surface area contributed by atoms with Gasteiger partial charge in [-0.15, -0.1) is 0 Å². The van der Waals surface area contributed by atoms with Crippen molar-refractivity contribution >= 4 is 0 Å². The normalized spacial score (nSPS) is 10.1. The van der Waals surface area contributed by atoms with Gasteiger partial charge in [0.2, 0.25) is 0 Å². The monoisotopic (exact) mass is 232 g/mol. The highest BCUT2D eigenvalue weighted by molar-refractivity contribution is 5.71. The molecule has 0 atom stereocenters. The zero-order valence-corrected chi connectivity index (χ0v) is 9.74. The first kappa shape index (κ1) is 11.5. The van der Waals surface area contributed by atoms with E-state index >= 15 is 0 Å². The molecule has 0 amide bonds. The van der Waals surface area contributed by atoms with Crippen LogP contribution >= 0.6 is 0 Å². The van der Waals surface area contributed by atoms with Crippen molar-refractivity contribution in [3.05, 3.63) is 48.3 Å². The largest absolute Gasteiger partial charge is 0.497 e. The van der Waals surface area contributed by atoms with Crippen molar-refractivity contribution in [2.45, 2.75) is 0 Å². The number of benzene rings is 2. The van der Waals surface area contributed by atoms with Crippen molar-refractivity contribution in [1.29, 1.82) is 0 Å². The second-order valence-electron chi connectivity index (χ2n) is 3.55. The van der Waals surface area contributed by atoms with Crippen molar-refractivity contribution in [1.82, 2.24) is 0 Å². The molecule has 0 bridgehead atoms. The highest BCUT2D eigenvalue weighted by atomic mass is 19.1. The van der Waals surface area contributed by atoms with Crippen molar-refractivity contribution in [2.24, 2.45) is 0 Å². The van der Waals surface area contributed by atoms with E-state index < -0.39 is 0 Å². The molecule has 0 spiro atoms. The topological polar surface area (TPSA) is 18.5 Å². The van der Waals surface area contributed by atoms with Crippen molar-refractivity contribution in [2.75, 3.05) is 14.2 Å². The zero-order chi connectivity index (χ0) is 12.3. The number of hydrogen-bond donors (Lipinski definition) is 0. The van der Waals surface area contributed by atoms with E-state index in [-0.39, 0.29) is 5.82 Å². The minimum Gasteiger partial charge on any atom is -0.497 e. The second-order valence-corrected chi connectivity index (χ2v) is 3.55. The van der Waals surface area contributed by atoms with E-state index in [0.29, 0.717) is 11.3 Å². The standard InChI is InChI=1S/C14H13FO2/c1-16-11-8-6-10(7-9-11)14-12(15)4-3-5-13(14)17-2/h3-9H,1-2H3. The van der Waals surface area contributed by atoms with Crippen LogP contribution in [0.1, 0.15) is 0 Å². The summed E-state index contributed by atoms with van der Waals surface area (Å²) < 4.78 is 24.0. The van der Waals surface area contributed by atoms with Gasteiger partial charge in [0.1, 0.15) is 17.3 Å². The lowest BCUT2D eigenvalue weighted by atomic mass is 10.0. The molecule has 0 N–H and O–H groups in total. The van der Waals surface area contributed by atoms with Crippen LogP contribution in [-0.4, -0.2) is 14.2 Å². The van der Waals surface area contributed by atoms with E-state index in [2.05, 4.69) is 0 Å². The molecule has 2 nitrogen and oxygen atoms in total. The Morgan fingerprint density at radius 2 is 1.59 bits per heavy atom. The van der Waals surface area contributed by atoms with Crippen molar-refractivity contribution in [3.8, 4) is 22.6 Å². The van der Waals surface area contributed by atoms with Gasteiger partial charge in [0.05, 0.1) is 19.8 Å². The summed E-state index contributed by atoms with van der Waals surface area (Å²) in [4.78, 5) is 0. The van der Waals surface area contributed by atoms with Crippen LogP contribution in [0.25, 0.3) is 11.1 Å². The maximum absolute atomic E-state index is 13.8. The van der Waals surface area contributed by atoms with Gasteiger partial charge in [-0.25, -0.2) is 4.39 Å². The van der Waals surface area contributed by atoms with E-state index in [0.717, 1.165) is 11.3 Å². The molecular weight excluding hydrogens is 219 g/mol. The summed E-state index contributed by atoms with van der Waals surface area (Å²) in [5.74, 6) is 0.966. The van der Waals surface area contributed by atoms with Crippen LogP contribution in [0.4, 0.5) is 4.39 Å². The van der Waals surface area contributed by atoms with Gasteiger partial charge in [0.15, 0.2) is 0 Å². The van der Waals surface area contributed by atoms with Gasteiger partial charge in [-0.05, 0) is 29.8 Å². The second kappa shape index (κ2) is 4.87. The maximum atomic E-state index is 13.8. The van der Waals surface area contributed by atoms with Crippen LogP contribution in [0.3, 0.4) is 0 Å². The summed E-state index contributed by atoms with van der Waals surface area (Å²) in [6, 6.07) is 12.0. The third-order valence-corrected chi connectivity index (χ3v) is 2.57. The quantitative estimate of drug-likeness (QED) is 0.806. The molecule has 0 radical (unpaired) electrons. The van der Waals surface area contributed by atoms with Crippen LogP contribution in [0.2, 0.25) is 0 Å². The van der Waals surface area contributed by atoms with Crippen LogP contribution in [0.5, 0.6) is 11.5 Å². The molecule has 2 aromatic carbocycles. The average Bonchev–Trinajstić information content (AvgIpc) is 2.38. The molecule has 17 heavy (non-hydrogen) atoms. The van der Waals surface area contributed by atoms with E-state index in [1.165, 1.54) is 13.2 Å². The molecular formula is C14H13FO2. The summed E-state index contributed by atoms with van der Waals surface area (Å²) in [7, 11) is 3.13. The number of rotatable bonds is 3. The fourth-order valence-electron chi connectivity index (χ4n) is 1.71. The van der Waals surface area contributed by atoms with E-state index in [9.17, 15) is 4.39 Å². The molecule has 0 aliphatic heterocycles. The highest BCUT2D eigenvalue weighted by Gasteiger charge is 2.11. The van der Waals surface area contributed by atoms with E-state index in [4.69, 9.17) is 9.47 Å².